The fourth-order valence-corrected chi connectivity index (χ4v) is 1.97. The molecule has 0 atom stereocenters. The number of nitrogens with one attached hydrogen (secondary N) is 1. The molecule has 1 amide bonds. The monoisotopic (exact) mass is 328 g/mol. The summed E-state index contributed by atoms with van der Waals surface area (Å²) in [5.74, 6) is -0.882. The van der Waals surface area contributed by atoms with Crippen LogP contribution in [0.3, 0.4) is 0 Å². The molecule has 2 heterocycles. The Hall–Kier alpha value is -2.85. The van der Waals surface area contributed by atoms with Gasteiger partial charge in [-0.25, -0.2) is 4.68 Å². The Morgan fingerprint density at radius 2 is 2.04 bits per heavy atom. The van der Waals surface area contributed by atoms with Crippen molar-refractivity contribution in [2.24, 2.45) is 0 Å². The summed E-state index contributed by atoms with van der Waals surface area (Å²) in [6.45, 7) is 0.584. The van der Waals surface area contributed by atoms with Crippen LogP contribution < -0.4 is 5.32 Å². The first kappa shape index (κ1) is 16.5. The first-order valence-corrected chi connectivity index (χ1v) is 6.61. The van der Waals surface area contributed by atoms with Crippen molar-refractivity contribution < 1.29 is 18.5 Å². The lowest BCUT2D eigenvalue weighted by Gasteiger charge is -2.03. The molecule has 0 saturated heterocycles. The van der Waals surface area contributed by atoms with Gasteiger partial charge in [0.15, 0.2) is 5.69 Å². The Bertz CT molecular complexity index is 739. The molecule has 0 aliphatic heterocycles. The van der Waals surface area contributed by atoms with Crippen molar-refractivity contribution in [3.8, 4) is 0 Å². The molecular formula is C12H14F2N6O3. The molecule has 0 aliphatic carbocycles. The molecule has 2 aromatic rings. The fourth-order valence-electron chi connectivity index (χ4n) is 1.97. The Kier molecular flexibility index (Phi) is 4.67. The van der Waals surface area contributed by atoms with Gasteiger partial charge < -0.3 is 15.4 Å². The number of hydrogen-bond donors (Lipinski definition) is 1. The fraction of sp³-hybridized carbons (Fsp3) is 0.417. The lowest BCUT2D eigenvalue weighted by Crippen LogP contribution is -2.28. The summed E-state index contributed by atoms with van der Waals surface area (Å²) in [6, 6.07) is 2.57. The number of aromatic nitrogens is 4. The first-order valence-electron chi connectivity index (χ1n) is 6.61. The maximum absolute atomic E-state index is 12.6. The molecular weight excluding hydrogens is 314 g/mol. The number of amides is 1. The Morgan fingerprint density at radius 3 is 2.57 bits per heavy atom. The predicted octanol–water partition coefficient (Wildman–Crippen LogP) is 1.43. The SMILES string of the molecule is Cc1cc([N+](=O)[O-])nn1CCNC(=O)c1cc(C)n(C(F)F)n1. The summed E-state index contributed by atoms with van der Waals surface area (Å²) in [5, 5.41) is 20.4. The van der Waals surface area contributed by atoms with E-state index in [2.05, 4.69) is 15.5 Å². The molecule has 0 aliphatic rings. The maximum atomic E-state index is 12.6. The van der Waals surface area contributed by atoms with E-state index in [0.717, 1.165) is 0 Å². The minimum absolute atomic E-state index is 0.119. The Balaban J connectivity index is 1.95. The van der Waals surface area contributed by atoms with E-state index in [1.54, 1.807) is 6.92 Å². The van der Waals surface area contributed by atoms with E-state index >= 15 is 0 Å². The molecule has 0 radical (unpaired) electrons. The smallest absolute Gasteiger partial charge is 0.358 e. The summed E-state index contributed by atoms with van der Waals surface area (Å²) in [7, 11) is 0. The third kappa shape index (κ3) is 3.67. The van der Waals surface area contributed by atoms with Crippen LogP contribution in [0.25, 0.3) is 0 Å². The topological polar surface area (TPSA) is 108 Å². The highest BCUT2D eigenvalue weighted by atomic mass is 19.3. The number of rotatable bonds is 6. The van der Waals surface area contributed by atoms with Gasteiger partial charge in [-0.3, -0.25) is 4.79 Å². The van der Waals surface area contributed by atoms with Crippen LogP contribution in [0.15, 0.2) is 12.1 Å². The zero-order valence-electron chi connectivity index (χ0n) is 12.4. The molecule has 0 unspecified atom stereocenters. The summed E-state index contributed by atoms with van der Waals surface area (Å²) >= 11 is 0. The van der Waals surface area contributed by atoms with Gasteiger partial charge in [0, 0.05) is 12.2 Å². The number of hydrogen-bond acceptors (Lipinski definition) is 5. The quantitative estimate of drug-likeness (QED) is 0.637. The molecule has 0 fully saturated rings. The first-order chi connectivity index (χ1) is 10.8. The van der Waals surface area contributed by atoms with Crippen LogP contribution in [-0.4, -0.2) is 36.9 Å². The van der Waals surface area contributed by atoms with Crippen LogP contribution in [0.1, 0.15) is 28.4 Å². The minimum Gasteiger partial charge on any atom is -0.358 e. The highest BCUT2D eigenvalue weighted by Crippen LogP contribution is 2.13. The molecule has 11 heteroatoms. The molecule has 1 N–H and O–H groups in total. The highest BCUT2D eigenvalue weighted by molar-refractivity contribution is 5.92. The van der Waals surface area contributed by atoms with Gasteiger partial charge >= 0.3 is 12.4 Å². The molecule has 23 heavy (non-hydrogen) atoms. The third-order valence-corrected chi connectivity index (χ3v) is 3.10. The van der Waals surface area contributed by atoms with E-state index in [0.29, 0.717) is 10.4 Å². The van der Waals surface area contributed by atoms with Crippen molar-refractivity contribution in [2.75, 3.05) is 6.54 Å². The third-order valence-electron chi connectivity index (χ3n) is 3.10. The van der Waals surface area contributed by atoms with Crippen molar-refractivity contribution in [3.05, 3.63) is 39.3 Å². The number of alkyl halides is 2. The number of nitro groups is 1. The molecule has 0 saturated carbocycles. The van der Waals surface area contributed by atoms with E-state index in [4.69, 9.17) is 0 Å². The van der Waals surface area contributed by atoms with Crippen molar-refractivity contribution in [1.29, 1.82) is 0 Å². The Labute approximate surface area is 129 Å². The number of carbonyl (C=O) groups excluding carboxylic acids is 1. The summed E-state index contributed by atoms with van der Waals surface area (Å²) in [4.78, 5) is 21.9. The van der Waals surface area contributed by atoms with Crippen LogP contribution >= 0.6 is 0 Å². The summed E-state index contributed by atoms with van der Waals surface area (Å²) in [5.41, 5.74) is 0.624. The van der Waals surface area contributed by atoms with E-state index in [1.807, 2.05) is 0 Å². The average molecular weight is 328 g/mol. The second-order valence-corrected chi connectivity index (χ2v) is 4.77. The molecule has 9 nitrogen and oxygen atoms in total. The molecule has 0 aromatic carbocycles. The van der Waals surface area contributed by atoms with Gasteiger partial charge in [0.05, 0.1) is 23.4 Å². The largest absolute Gasteiger partial charge is 0.390 e. The number of nitrogens with zero attached hydrogens (tertiary/aromatic N) is 5. The summed E-state index contributed by atoms with van der Waals surface area (Å²) in [6.07, 6.45) is 0. The van der Waals surface area contributed by atoms with E-state index in [-0.39, 0.29) is 30.3 Å². The predicted molar refractivity (Wildman–Crippen MR) is 74.2 cm³/mol. The molecule has 0 bridgehead atoms. The van der Waals surface area contributed by atoms with E-state index in [1.165, 1.54) is 23.7 Å². The van der Waals surface area contributed by atoms with Crippen molar-refractivity contribution in [2.45, 2.75) is 26.9 Å². The summed E-state index contributed by atoms with van der Waals surface area (Å²) < 4.78 is 27.0. The second-order valence-electron chi connectivity index (χ2n) is 4.77. The van der Waals surface area contributed by atoms with Crippen LogP contribution in [-0.2, 0) is 6.54 Å². The zero-order valence-corrected chi connectivity index (χ0v) is 12.4. The standard InChI is InChI=1S/C12H14F2N6O3/c1-7-6-10(20(22)23)17-18(7)4-3-15-11(21)9-5-8(2)19(16-9)12(13)14/h5-6,12H,3-4H2,1-2H3,(H,15,21). The minimum atomic E-state index is -2.82. The van der Waals surface area contributed by atoms with Crippen molar-refractivity contribution >= 4 is 11.7 Å². The van der Waals surface area contributed by atoms with Gasteiger partial charge in [0.25, 0.3) is 5.91 Å². The molecule has 2 aromatic heterocycles. The van der Waals surface area contributed by atoms with Gasteiger partial charge in [-0.15, -0.1) is 0 Å². The van der Waals surface area contributed by atoms with E-state index < -0.39 is 17.4 Å². The molecule has 124 valence electrons. The van der Waals surface area contributed by atoms with Crippen molar-refractivity contribution in [1.82, 2.24) is 24.9 Å². The lowest BCUT2D eigenvalue weighted by atomic mass is 10.3. The van der Waals surface area contributed by atoms with Crippen LogP contribution in [0.5, 0.6) is 0 Å². The van der Waals surface area contributed by atoms with E-state index in [9.17, 15) is 23.7 Å². The number of halogens is 2. The van der Waals surface area contributed by atoms with Crippen LogP contribution in [0.4, 0.5) is 14.6 Å². The average Bonchev–Trinajstić information content (AvgIpc) is 3.03. The van der Waals surface area contributed by atoms with Crippen LogP contribution in [0.2, 0.25) is 0 Å². The maximum Gasteiger partial charge on any atom is 0.390 e. The number of aryl methyl sites for hydroxylation is 2. The van der Waals surface area contributed by atoms with Crippen molar-refractivity contribution in [3.63, 3.8) is 0 Å². The van der Waals surface area contributed by atoms with Crippen LogP contribution in [0, 0.1) is 24.0 Å². The van der Waals surface area contributed by atoms with Gasteiger partial charge in [-0.05, 0) is 24.8 Å². The second kappa shape index (κ2) is 6.50. The van der Waals surface area contributed by atoms with Gasteiger partial charge in [-0.2, -0.15) is 18.6 Å². The number of carbonyl (C=O) groups is 1. The van der Waals surface area contributed by atoms with Gasteiger partial charge in [0.1, 0.15) is 0 Å². The lowest BCUT2D eigenvalue weighted by molar-refractivity contribution is -0.389. The molecule has 2 rings (SSSR count). The zero-order chi connectivity index (χ0) is 17.1. The molecule has 0 spiro atoms. The van der Waals surface area contributed by atoms with Gasteiger partial charge in [-0.1, -0.05) is 0 Å². The normalized spacial score (nSPS) is 11.0. The highest BCUT2D eigenvalue weighted by Gasteiger charge is 2.18. The Morgan fingerprint density at radius 1 is 1.35 bits per heavy atom. The van der Waals surface area contributed by atoms with Gasteiger partial charge in [0.2, 0.25) is 0 Å².